The molecule has 35 heavy (non-hydrogen) atoms. The lowest BCUT2D eigenvalue weighted by Crippen LogP contribution is -2.43. The van der Waals surface area contributed by atoms with Gasteiger partial charge in [0, 0.05) is 35.9 Å². The van der Waals surface area contributed by atoms with Gasteiger partial charge in [0.2, 0.25) is 0 Å². The number of para-hydroxylation sites is 1. The van der Waals surface area contributed by atoms with Gasteiger partial charge in [-0.3, -0.25) is 9.20 Å². The number of fused-ring (bicyclic) bond motifs is 1. The van der Waals surface area contributed by atoms with Crippen LogP contribution in [0.25, 0.3) is 16.8 Å². The zero-order valence-corrected chi connectivity index (χ0v) is 20.5. The first kappa shape index (κ1) is 22.8. The van der Waals surface area contributed by atoms with E-state index in [2.05, 4.69) is 22.1 Å². The summed E-state index contributed by atoms with van der Waals surface area (Å²) in [6.45, 7) is 2.32. The standard InChI is InChI=1S/C27H26N6OS/c1-3-8-22(34)33-17-7-15-27(33,35-2)26-31-23(24-25(28)29-16-18-32(24)26)19-11-13-21(14-12-19)30-20-9-5-4-6-10-20/h4-6,9-14,16,18,30H,7,15,17H2,1-2H3,(H2,28,29)/t27-/m1/s1. The zero-order chi connectivity index (χ0) is 24.4. The van der Waals surface area contributed by atoms with Crippen LogP contribution in [0.3, 0.4) is 0 Å². The van der Waals surface area contributed by atoms with E-state index in [1.54, 1.807) is 24.9 Å². The number of imidazole rings is 1. The van der Waals surface area contributed by atoms with Crippen molar-refractivity contribution in [3.63, 3.8) is 0 Å². The largest absolute Gasteiger partial charge is 0.382 e. The molecule has 3 N–H and O–H groups in total. The lowest BCUT2D eigenvalue weighted by molar-refractivity contribution is -0.127. The summed E-state index contributed by atoms with van der Waals surface area (Å²) in [5.74, 6) is 6.43. The van der Waals surface area contributed by atoms with Crippen LogP contribution in [0.1, 0.15) is 25.6 Å². The lowest BCUT2D eigenvalue weighted by atomic mass is 10.1. The molecule has 0 spiro atoms. The molecule has 2 aromatic heterocycles. The van der Waals surface area contributed by atoms with E-state index in [9.17, 15) is 4.79 Å². The second-order valence-electron chi connectivity index (χ2n) is 8.31. The van der Waals surface area contributed by atoms with E-state index in [0.29, 0.717) is 12.4 Å². The molecule has 0 radical (unpaired) electrons. The highest BCUT2D eigenvalue weighted by Gasteiger charge is 2.48. The summed E-state index contributed by atoms with van der Waals surface area (Å²) >= 11 is 1.61. The maximum atomic E-state index is 12.9. The molecule has 1 aliphatic rings. The number of thioether (sulfide) groups is 1. The highest BCUT2D eigenvalue weighted by Crippen LogP contribution is 2.47. The van der Waals surface area contributed by atoms with Gasteiger partial charge in [0.25, 0.3) is 5.91 Å². The Kier molecular flexibility index (Phi) is 6.10. The molecule has 1 amide bonds. The van der Waals surface area contributed by atoms with E-state index in [-0.39, 0.29) is 5.91 Å². The van der Waals surface area contributed by atoms with E-state index in [0.717, 1.165) is 46.8 Å². The van der Waals surface area contributed by atoms with Gasteiger partial charge in [-0.05, 0) is 56.2 Å². The van der Waals surface area contributed by atoms with Gasteiger partial charge in [-0.15, -0.1) is 11.8 Å². The SMILES string of the molecule is CC#CC(=O)N1CCC[C@@]1(SC)c1nc(-c2ccc(Nc3ccccc3)cc2)c2c(N)nccn12. The molecule has 8 heteroatoms. The quantitative estimate of drug-likeness (QED) is 0.394. The summed E-state index contributed by atoms with van der Waals surface area (Å²) in [4.78, 5) is 23.6. The number of anilines is 3. The molecule has 3 heterocycles. The van der Waals surface area contributed by atoms with Crippen LogP contribution in [0, 0.1) is 11.8 Å². The summed E-state index contributed by atoms with van der Waals surface area (Å²) < 4.78 is 1.98. The van der Waals surface area contributed by atoms with Crippen LogP contribution in [0.15, 0.2) is 67.0 Å². The van der Waals surface area contributed by atoms with Gasteiger partial charge in [0.1, 0.15) is 21.9 Å². The van der Waals surface area contributed by atoms with Crippen molar-refractivity contribution >= 4 is 40.4 Å². The Hall–Kier alpha value is -3.96. The van der Waals surface area contributed by atoms with Crippen LogP contribution in [-0.2, 0) is 9.67 Å². The molecule has 1 aliphatic heterocycles. The van der Waals surface area contributed by atoms with Crippen molar-refractivity contribution in [2.24, 2.45) is 0 Å². The Morgan fingerprint density at radius 1 is 1.14 bits per heavy atom. The third-order valence-electron chi connectivity index (χ3n) is 6.30. The molecule has 2 aromatic carbocycles. The van der Waals surface area contributed by atoms with Crippen LogP contribution in [-0.4, -0.2) is 38.0 Å². The molecular formula is C27H26N6OS. The molecule has 1 atom stereocenters. The molecule has 5 rings (SSSR count). The maximum absolute atomic E-state index is 12.9. The predicted octanol–water partition coefficient (Wildman–Crippen LogP) is 4.88. The Bertz CT molecular complexity index is 1440. The Morgan fingerprint density at radius 3 is 2.60 bits per heavy atom. The number of hydrogen-bond donors (Lipinski definition) is 2. The number of nitrogens with one attached hydrogen (secondary N) is 1. The molecule has 176 valence electrons. The maximum Gasteiger partial charge on any atom is 0.299 e. The number of aromatic nitrogens is 3. The normalized spacial score (nSPS) is 17.3. The molecular weight excluding hydrogens is 456 g/mol. The minimum atomic E-state index is -0.634. The third-order valence-corrected chi connectivity index (χ3v) is 7.58. The van der Waals surface area contributed by atoms with Crippen molar-refractivity contribution in [1.82, 2.24) is 19.3 Å². The van der Waals surface area contributed by atoms with Crippen molar-refractivity contribution < 1.29 is 4.79 Å². The van der Waals surface area contributed by atoms with E-state index in [1.165, 1.54) is 0 Å². The minimum Gasteiger partial charge on any atom is -0.382 e. The topological polar surface area (TPSA) is 88.5 Å². The van der Waals surface area contributed by atoms with Gasteiger partial charge in [-0.1, -0.05) is 36.3 Å². The average Bonchev–Trinajstić information content (AvgIpc) is 3.49. The second-order valence-corrected chi connectivity index (χ2v) is 9.39. The fourth-order valence-corrected chi connectivity index (χ4v) is 5.78. The summed E-state index contributed by atoms with van der Waals surface area (Å²) in [6.07, 6.45) is 7.22. The monoisotopic (exact) mass is 482 g/mol. The van der Waals surface area contributed by atoms with Gasteiger partial charge in [0.15, 0.2) is 5.82 Å². The number of nitrogens with two attached hydrogens (primary N) is 1. The van der Waals surface area contributed by atoms with E-state index in [4.69, 9.17) is 10.7 Å². The summed E-state index contributed by atoms with van der Waals surface area (Å²) in [7, 11) is 0. The zero-order valence-electron chi connectivity index (χ0n) is 19.7. The fraction of sp³-hybridized carbons (Fsp3) is 0.222. The van der Waals surface area contributed by atoms with Crippen molar-refractivity contribution in [3.8, 4) is 23.1 Å². The highest BCUT2D eigenvalue weighted by atomic mass is 32.2. The van der Waals surface area contributed by atoms with E-state index in [1.807, 2.05) is 76.4 Å². The summed E-state index contributed by atoms with van der Waals surface area (Å²) in [5.41, 5.74) is 10.8. The number of nitrogens with zero attached hydrogens (tertiary/aromatic N) is 4. The molecule has 0 saturated carbocycles. The number of likely N-dealkylation sites (tertiary alicyclic amines) is 1. The van der Waals surface area contributed by atoms with E-state index < -0.39 is 4.87 Å². The third kappa shape index (κ3) is 3.98. The number of amides is 1. The van der Waals surface area contributed by atoms with E-state index >= 15 is 0 Å². The fourth-order valence-electron chi connectivity index (χ4n) is 4.71. The minimum absolute atomic E-state index is 0.184. The first-order chi connectivity index (χ1) is 17.1. The molecule has 1 fully saturated rings. The van der Waals surface area contributed by atoms with Crippen LogP contribution in [0.2, 0.25) is 0 Å². The Balaban J connectivity index is 1.61. The first-order valence-electron chi connectivity index (χ1n) is 11.4. The lowest BCUT2D eigenvalue weighted by Gasteiger charge is -2.34. The van der Waals surface area contributed by atoms with Gasteiger partial charge in [-0.2, -0.15) is 0 Å². The van der Waals surface area contributed by atoms with Crippen molar-refractivity contribution in [1.29, 1.82) is 0 Å². The smallest absolute Gasteiger partial charge is 0.299 e. The number of hydrogen-bond acceptors (Lipinski definition) is 6. The predicted molar refractivity (Wildman–Crippen MR) is 142 cm³/mol. The molecule has 7 nitrogen and oxygen atoms in total. The van der Waals surface area contributed by atoms with Crippen LogP contribution in [0.4, 0.5) is 17.2 Å². The highest BCUT2D eigenvalue weighted by molar-refractivity contribution is 7.99. The van der Waals surface area contributed by atoms with Gasteiger partial charge >= 0.3 is 0 Å². The number of rotatable bonds is 5. The summed E-state index contributed by atoms with van der Waals surface area (Å²) in [5, 5.41) is 3.40. The van der Waals surface area contributed by atoms with Crippen molar-refractivity contribution in [2.45, 2.75) is 24.6 Å². The van der Waals surface area contributed by atoms with Gasteiger partial charge < -0.3 is 16.0 Å². The summed E-state index contributed by atoms with van der Waals surface area (Å²) in [6, 6.07) is 18.1. The molecule has 4 aromatic rings. The Labute approximate surface area is 208 Å². The molecule has 1 saturated heterocycles. The molecule has 0 aliphatic carbocycles. The number of carbonyl (C=O) groups is 1. The van der Waals surface area contributed by atoms with Crippen molar-refractivity contribution in [2.75, 3.05) is 23.9 Å². The second kappa shape index (κ2) is 9.35. The first-order valence-corrected chi connectivity index (χ1v) is 12.6. The molecule has 0 unspecified atom stereocenters. The number of benzene rings is 2. The van der Waals surface area contributed by atoms with Crippen LogP contribution < -0.4 is 11.1 Å². The van der Waals surface area contributed by atoms with Crippen LogP contribution in [0.5, 0.6) is 0 Å². The van der Waals surface area contributed by atoms with Crippen LogP contribution >= 0.6 is 11.8 Å². The van der Waals surface area contributed by atoms with Crippen molar-refractivity contribution in [3.05, 3.63) is 72.8 Å². The molecule has 0 bridgehead atoms. The average molecular weight is 483 g/mol. The Morgan fingerprint density at radius 2 is 1.89 bits per heavy atom. The number of carbonyl (C=O) groups excluding carboxylic acids is 1. The van der Waals surface area contributed by atoms with Gasteiger partial charge in [-0.25, -0.2) is 9.97 Å². The van der Waals surface area contributed by atoms with Gasteiger partial charge in [0.05, 0.1) is 0 Å². The number of nitrogen functional groups attached to an aromatic ring is 1.